The van der Waals surface area contributed by atoms with Gasteiger partial charge in [-0.05, 0) is 66.2 Å². The highest BCUT2D eigenvalue weighted by molar-refractivity contribution is 8.18. The monoisotopic (exact) mass is 422 g/mol. The first kappa shape index (κ1) is 19.6. The van der Waals surface area contributed by atoms with Crippen molar-refractivity contribution in [2.24, 2.45) is 4.99 Å². The Morgan fingerprint density at radius 3 is 2.79 bits per heavy atom. The minimum atomic E-state index is -0.177. The molecule has 146 valence electrons. The van der Waals surface area contributed by atoms with E-state index in [1.165, 1.54) is 11.8 Å². The molecule has 0 aromatic heterocycles. The second-order valence-electron chi connectivity index (χ2n) is 6.50. The molecule has 4 rings (SSSR count). The fraction of sp³-hybridized carbons (Fsp3) is 0.130. The van der Waals surface area contributed by atoms with Crippen LogP contribution in [0, 0.1) is 6.92 Å². The number of hydrogen-bond acceptors (Lipinski definition) is 4. The number of hydrogen-bond donors (Lipinski definition) is 1. The van der Waals surface area contributed by atoms with E-state index >= 15 is 0 Å². The molecule has 0 radical (unpaired) electrons. The van der Waals surface area contributed by atoms with Gasteiger partial charge in [-0.1, -0.05) is 48.0 Å². The number of amidine groups is 1. The Kier molecular flexibility index (Phi) is 5.60. The molecular weight excluding hydrogens is 404 g/mol. The molecule has 0 bridgehead atoms. The minimum Gasteiger partial charge on any atom is -0.493 e. The molecule has 1 amide bonds. The highest BCUT2D eigenvalue weighted by Gasteiger charge is 2.25. The number of benzene rings is 3. The summed E-state index contributed by atoms with van der Waals surface area (Å²) in [5.41, 5.74) is 2.51. The fourth-order valence-electron chi connectivity index (χ4n) is 3.14. The van der Waals surface area contributed by atoms with Crippen LogP contribution in [0.5, 0.6) is 5.75 Å². The zero-order chi connectivity index (χ0) is 20.4. The van der Waals surface area contributed by atoms with E-state index in [0.717, 1.165) is 33.3 Å². The molecule has 3 aromatic carbocycles. The Hall–Kier alpha value is -2.76. The summed E-state index contributed by atoms with van der Waals surface area (Å²) in [5, 5.41) is 6.15. The van der Waals surface area contributed by atoms with Crippen LogP contribution in [0.3, 0.4) is 0 Å². The Morgan fingerprint density at radius 1 is 1.14 bits per heavy atom. The lowest BCUT2D eigenvalue weighted by molar-refractivity contribution is -0.115. The van der Waals surface area contributed by atoms with E-state index in [1.807, 2.05) is 74.5 Å². The summed E-state index contributed by atoms with van der Waals surface area (Å²) in [6.45, 7) is 4.40. The van der Waals surface area contributed by atoms with Gasteiger partial charge in [0.1, 0.15) is 5.75 Å². The normalized spacial score (nSPS) is 16.6. The number of carbonyl (C=O) groups is 1. The van der Waals surface area contributed by atoms with Gasteiger partial charge in [0.15, 0.2) is 5.17 Å². The molecule has 1 fully saturated rings. The predicted octanol–water partition coefficient (Wildman–Crippen LogP) is 6.09. The van der Waals surface area contributed by atoms with E-state index in [4.69, 9.17) is 16.3 Å². The molecule has 1 aliphatic rings. The van der Waals surface area contributed by atoms with Gasteiger partial charge in [-0.15, -0.1) is 0 Å². The SMILES string of the molecule is CCOc1ccc2ccccc2c1/C=C1\SC(=Nc2cccc(Cl)c2C)NC1=O. The predicted molar refractivity (Wildman–Crippen MR) is 122 cm³/mol. The van der Waals surface area contributed by atoms with E-state index in [1.54, 1.807) is 0 Å². The molecule has 4 nitrogen and oxygen atoms in total. The van der Waals surface area contributed by atoms with E-state index in [9.17, 15) is 4.79 Å². The average molecular weight is 423 g/mol. The fourth-order valence-corrected chi connectivity index (χ4v) is 4.13. The largest absolute Gasteiger partial charge is 0.493 e. The average Bonchev–Trinajstić information content (AvgIpc) is 3.06. The van der Waals surface area contributed by atoms with Gasteiger partial charge in [0.2, 0.25) is 0 Å². The van der Waals surface area contributed by atoms with Crippen LogP contribution in [0.15, 0.2) is 64.5 Å². The number of amides is 1. The highest BCUT2D eigenvalue weighted by atomic mass is 35.5. The Morgan fingerprint density at radius 2 is 1.97 bits per heavy atom. The topological polar surface area (TPSA) is 50.7 Å². The molecule has 0 spiro atoms. The number of aliphatic imine (C=N–C) groups is 1. The molecule has 6 heteroatoms. The smallest absolute Gasteiger partial charge is 0.264 e. The third-order valence-corrected chi connectivity index (χ3v) is 5.94. The minimum absolute atomic E-state index is 0.177. The molecular formula is C23H19ClN2O2S. The molecule has 0 atom stereocenters. The summed E-state index contributed by atoms with van der Waals surface area (Å²) in [6.07, 6.45) is 1.88. The number of fused-ring (bicyclic) bond motifs is 1. The maximum Gasteiger partial charge on any atom is 0.264 e. The first-order valence-electron chi connectivity index (χ1n) is 9.26. The Labute approximate surface area is 178 Å². The van der Waals surface area contributed by atoms with Crippen molar-refractivity contribution < 1.29 is 9.53 Å². The van der Waals surface area contributed by atoms with Gasteiger partial charge in [-0.25, -0.2) is 4.99 Å². The van der Waals surface area contributed by atoms with Crippen LogP contribution in [0.2, 0.25) is 5.02 Å². The van der Waals surface area contributed by atoms with E-state index in [2.05, 4.69) is 10.3 Å². The van der Waals surface area contributed by atoms with E-state index < -0.39 is 0 Å². The summed E-state index contributed by atoms with van der Waals surface area (Å²) in [7, 11) is 0. The van der Waals surface area contributed by atoms with Crippen LogP contribution in [-0.2, 0) is 4.79 Å². The van der Waals surface area contributed by atoms with Gasteiger partial charge in [0, 0.05) is 10.6 Å². The third kappa shape index (κ3) is 4.02. The van der Waals surface area contributed by atoms with Crippen molar-refractivity contribution in [3.8, 4) is 5.75 Å². The summed E-state index contributed by atoms with van der Waals surface area (Å²) < 4.78 is 5.81. The molecule has 1 heterocycles. The van der Waals surface area contributed by atoms with Crippen molar-refractivity contribution in [2.45, 2.75) is 13.8 Å². The first-order valence-corrected chi connectivity index (χ1v) is 10.5. The van der Waals surface area contributed by atoms with Crippen molar-refractivity contribution in [1.29, 1.82) is 0 Å². The van der Waals surface area contributed by atoms with Crippen LogP contribution in [0.25, 0.3) is 16.8 Å². The molecule has 1 N–H and O–H groups in total. The zero-order valence-corrected chi connectivity index (χ0v) is 17.6. The summed E-state index contributed by atoms with van der Waals surface area (Å²) in [4.78, 5) is 17.7. The molecule has 1 saturated heterocycles. The molecule has 1 aliphatic heterocycles. The van der Waals surface area contributed by atoms with Crippen LogP contribution < -0.4 is 10.1 Å². The van der Waals surface area contributed by atoms with Crippen molar-refractivity contribution in [3.63, 3.8) is 0 Å². The number of nitrogens with zero attached hydrogens (tertiary/aromatic N) is 1. The van der Waals surface area contributed by atoms with Gasteiger partial charge in [0.25, 0.3) is 5.91 Å². The number of thioether (sulfide) groups is 1. The second-order valence-corrected chi connectivity index (χ2v) is 7.94. The third-order valence-electron chi connectivity index (χ3n) is 4.62. The Bertz CT molecular complexity index is 1170. The highest BCUT2D eigenvalue weighted by Crippen LogP contribution is 2.35. The van der Waals surface area contributed by atoms with Crippen LogP contribution in [0.4, 0.5) is 5.69 Å². The molecule has 3 aromatic rings. The van der Waals surface area contributed by atoms with E-state index in [-0.39, 0.29) is 5.91 Å². The molecule has 0 unspecified atom stereocenters. The first-order chi connectivity index (χ1) is 14.1. The van der Waals surface area contributed by atoms with Crippen molar-refractivity contribution in [2.75, 3.05) is 6.61 Å². The Balaban J connectivity index is 1.74. The van der Waals surface area contributed by atoms with Crippen LogP contribution >= 0.6 is 23.4 Å². The molecule has 0 saturated carbocycles. The number of carbonyl (C=O) groups excluding carboxylic acids is 1. The van der Waals surface area contributed by atoms with Crippen molar-refractivity contribution in [1.82, 2.24) is 5.32 Å². The molecule has 0 aliphatic carbocycles. The number of halogens is 1. The van der Waals surface area contributed by atoms with Crippen molar-refractivity contribution in [3.05, 3.63) is 75.7 Å². The lowest BCUT2D eigenvalue weighted by Crippen LogP contribution is -2.19. The summed E-state index contributed by atoms with van der Waals surface area (Å²) >= 11 is 7.49. The molecule has 29 heavy (non-hydrogen) atoms. The van der Waals surface area contributed by atoms with Crippen molar-refractivity contribution >= 4 is 57.0 Å². The van der Waals surface area contributed by atoms with Gasteiger partial charge in [0.05, 0.1) is 17.2 Å². The quantitative estimate of drug-likeness (QED) is 0.517. The zero-order valence-electron chi connectivity index (χ0n) is 16.0. The lowest BCUT2D eigenvalue weighted by Gasteiger charge is -2.11. The lowest BCUT2D eigenvalue weighted by atomic mass is 10.0. The van der Waals surface area contributed by atoms with Crippen LogP contribution in [-0.4, -0.2) is 17.7 Å². The van der Waals surface area contributed by atoms with Gasteiger partial charge < -0.3 is 10.1 Å². The van der Waals surface area contributed by atoms with Gasteiger partial charge in [-0.2, -0.15) is 0 Å². The van der Waals surface area contributed by atoms with Crippen LogP contribution in [0.1, 0.15) is 18.1 Å². The standard InChI is InChI=1S/C23H19ClN2O2S/c1-3-28-20-12-11-15-7-4-5-8-16(15)17(20)13-21-22(27)26-23(29-21)25-19-10-6-9-18(24)14(19)2/h4-13H,3H2,1-2H3,(H,25,26,27)/b21-13-. The number of rotatable bonds is 4. The second kappa shape index (κ2) is 8.31. The summed E-state index contributed by atoms with van der Waals surface area (Å²) in [5.74, 6) is 0.576. The van der Waals surface area contributed by atoms with Gasteiger partial charge >= 0.3 is 0 Å². The maximum absolute atomic E-state index is 12.6. The van der Waals surface area contributed by atoms with Gasteiger partial charge in [-0.3, -0.25) is 4.79 Å². The maximum atomic E-state index is 12.6. The number of nitrogens with one attached hydrogen (secondary N) is 1. The van der Waals surface area contributed by atoms with E-state index in [0.29, 0.717) is 21.7 Å². The summed E-state index contributed by atoms with van der Waals surface area (Å²) in [6, 6.07) is 17.6. The number of ether oxygens (including phenoxy) is 1.